The first-order chi connectivity index (χ1) is 7.61. The van der Waals surface area contributed by atoms with Crippen molar-refractivity contribution >= 4 is 26.2 Å². The fourth-order valence-corrected chi connectivity index (χ4v) is 1.93. The highest BCUT2D eigenvalue weighted by molar-refractivity contribution is 7.64. The molecule has 1 aromatic carbocycles. The molecule has 0 heterocycles. The lowest BCUT2D eigenvalue weighted by atomic mass is 10.3. The quantitative estimate of drug-likeness (QED) is 0.453. The van der Waals surface area contributed by atoms with Crippen molar-refractivity contribution in [1.82, 2.24) is 0 Å². The molecule has 98 valence electrons. The van der Waals surface area contributed by atoms with Gasteiger partial charge in [0.2, 0.25) is 0 Å². The molecule has 0 fully saturated rings. The lowest BCUT2D eigenvalue weighted by Gasteiger charge is -2.11. The molecule has 17 heavy (non-hydrogen) atoms. The summed E-state index contributed by atoms with van der Waals surface area (Å²) in [5.41, 5.74) is 1.28. The minimum absolute atomic E-state index is 0.273. The van der Waals surface area contributed by atoms with Gasteiger partial charge in [-0.15, -0.1) is 0 Å². The Labute approximate surface area is 101 Å². The van der Waals surface area contributed by atoms with Crippen molar-refractivity contribution in [2.75, 3.05) is 32.3 Å². The second-order valence-electron chi connectivity index (χ2n) is 3.94. The summed E-state index contributed by atoms with van der Waals surface area (Å²) in [5.74, 6) is 0. The van der Waals surface area contributed by atoms with Gasteiger partial charge in [0.15, 0.2) is 0 Å². The van der Waals surface area contributed by atoms with Gasteiger partial charge in [0.05, 0.1) is 18.6 Å². The van der Waals surface area contributed by atoms with Crippen LogP contribution in [-0.2, 0) is 0 Å². The van der Waals surface area contributed by atoms with E-state index in [2.05, 4.69) is 56.6 Å². The van der Waals surface area contributed by atoms with E-state index in [1.54, 1.807) is 0 Å². The van der Waals surface area contributed by atoms with Gasteiger partial charge in [0.1, 0.15) is 0 Å². The molecule has 0 aliphatic carbocycles. The molecule has 7 heteroatoms. The molecular formula is C10H17BF4NP. The Morgan fingerprint density at radius 1 is 0.941 bits per heavy atom. The maximum absolute atomic E-state index is 9.75. The molecule has 0 atom stereocenters. The van der Waals surface area contributed by atoms with Crippen molar-refractivity contribution < 1.29 is 17.3 Å². The molecule has 0 spiro atoms. The van der Waals surface area contributed by atoms with Crippen LogP contribution in [0, 0.1) is 0 Å². The minimum Gasteiger partial charge on any atom is -0.418 e. The van der Waals surface area contributed by atoms with Crippen LogP contribution in [0.15, 0.2) is 24.3 Å². The van der Waals surface area contributed by atoms with Crippen molar-refractivity contribution in [3.05, 3.63) is 24.3 Å². The van der Waals surface area contributed by atoms with Gasteiger partial charge in [-0.2, -0.15) is 0 Å². The monoisotopic (exact) mass is 269 g/mol. The summed E-state index contributed by atoms with van der Waals surface area (Å²) in [6, 6.07) is 8.85. The van der Waals surface area contributed by atoms with Gasteiger partial charge in [0, 0.05) is 27.7 Å². The van der Waals surface area contributed by atoms with Gasteiger partial charge in [-0.1, -0.05) is 0 Å². The van der Waals surface area contributed by atoms with Gasteiger partial charge in [-0.05, 0) is 24.3 Å². The van der Waals surface area contributed by atoms with E-state index in [1.165, 1.54) is 11.0 Å². The molecule has 0 radical (unpaired) electrons. The molecule has 0 aliphatic heterocycles. The molecule has 0 bridgehead atoms. The van der Waals surface area contributed by atoms with E-state index >= 15 is 0 Å². The van der Waals surface area contributed by atoms with E-state index < -0.39 is 7.25 Å². The number of rotatable bonds is 2. The lowest BCUT2D eigenvalue weighted by Crippen LogP contribution is -2.09. The second kappa shape index (κ2) is 6.85. The summed E-state index contributed by atoms with van der Waals surface area (Å²) in [4.78, 5) is 2.13. The first kappa shape index (κ1) is 16.2. The summed E-state index contributed by atoms with van der Waals surface area (Å²) in [6.45, 7) is 4.63. The zero-order chi connectivity index (χ0) is 13.6. The van der Waals surface area contributed by atoms with Crippen LogP contribution in [-0.4, -0.2) is 34.7 Å². The first-order valence-corrected chi connectivity index (χ1v) is 7.56. The number of hydrogen-bond acceptors (Lipinski definition) is 1. The Balaban J connectivity index is 0.000000437. The van der Waals surface area contributed by atoms with Crippen LogP contribution in [0.5, 0.6) is 0 Å². The number of anilines is 1. The third kappa shape index (κ3) is 8.98. The van der Waals surface area contributed by atoms with E-state index in [0.29, 0.717) is 0 Å². The third-order valence-electron chi connectivity index (χ3n) is 1.96. The van der Waals surface area contributed by atoms with Crippen molar-refractivity contribution in [1.29, 1.82) is 0 Å². The van der Waals surface area contributed by atoms with Gasteiger partial charge in [-0.25, -0.2) is 0 Å². The Hall–Kier alpha value is -0.765. The highest BCUT2D eigenvalue weighted by Gasteiger charge is 2.20. The van der Waals surface area contributed by atoms with Crippen LogP contribution in [0.1, 0.15) is 0 Å². The topological polar surface area (TPSA) is 3.24 Å². The molecule has 1 rings (SSSR count). The van der Waals surface area contributed by atoms with E-state index in [9.17, 15) is 17.3 Å². The Morgan fingerprint density at radius 2 is 1.29 bits per heavy atom. The van der Waals surface area contributed by atoms with Crippen molar-refractivity contribution in [3.63, 3.8) is 0 Å². The Morgan fingerprint density at radius 3 is 1.53 bits per heavy atom. The van der Waals surface area contributed by atoms with Crippen molar-refractivity contribution in [2.45, 2.75) is 0 Å². The fraction of sp³-hybridized carbons (Fsp3) is 0.400. The number of benzene rings is 1. The SMILES string of the molecule is CN(C)c1ccc([PH+](C)C)cc1.F[B-](F)(F)F. The number of halogens is 4. The van der Waals surface area contributed by atoms with E-state index in [4.69, 9.17) is 0 Å². The molecule has 0 saturated carbocycles. The normalized spacial score (nSPS) is 10.9. The average molecular weight is 269 g/mol. The molecule has 1 aromatic rings. The largest absolute Gasteiger partial charge is 0.673 e. The molecule has 1 nitrogen and oxygen atoms in total. The summed E-state index contributed by atoms with van der Waals surface area (Å²) in [6.07, 6.45) is 0. The maximum Gasteiger partial charge on any atom is 0.673 e. The van der Waals surface area contributed by atoms with Gasteiger partial charge in [-0.3, -0.25) is 0 Å². The smallest absolute Gasteiger partial charge is 0.418 e. The Bertz CT molecular complexity index is 291. The van der Waals surface area contributed by atoms with Crippen molar-refractivity contribution in [2.24, 2.45) is 0 Å². The highest BCUT2D eigenvalue weighted by Crippen LogP contribution is 2.24. The summed E-state index contributed by atoms with van der Waals surface area (Å²) < 4.78 is 39.0. The second-order valence-corrected chi connectivity index (χ2v) is 6.51. The van der Waals surface area contributed by atoms with Crippen LogP contribution < -0.4 is 10.2 Å². The van der Waals surface area contributed by atoms with E-state index in [1.807, 2.05) is 0 Å². The molecule has 0 aromatic heterocycles. The van der Waals surface area contributed by atoms with Crippen LogP contribution in [0.25, 0.3) is 0 Å². The number of nitrogens with zero attached hydrogens (tertiary/aromatic N) is 1. The zero-order valence-corrected chi connectivity index (χ0v) is 11.3. The van der Waals surface area contributed by atoms with Crippen LogP contribution in [0.4, 0.5) is 23.0 Å². The third-order valence-corrected chi connectivity index (χ3v) is 3.45. The molecule has 0 unspecified atom stereocenters. The van der Waals surface area contributed by atoms with Gasteiger partial charge < -0.3 is 22.2 Å². The van der Waals surface area contributed by atoms with E-state index in [-0.39, 0.29) is 7.92 Å². The molecular weight excluding hydrogens is 252 g/mol. The van der Waals surface area contributed by atoms with Crippen LogP contribution in [0.3, 0.4) is 0 Å². The molecule has 0 saturated heterocycles. The van der Waals surface area contributed by atoms with Crippen LogP contribution in [0.2, 0.25) is 0 Å². The zero-order valence-electron chi connectivity index (χ0n) is 10.3. The Kier molecular flexibility index (Phi) is 6.54. The highest BCUT2D eigenvalue weighted by atomic mass is 31.1. The molecule has 0 aliphatic rings. The minimum atomic E-state index is -6.00. The summed E-state index contributed by atoms with van der Waals surface area (Å²) in [7, 11) is -2.14. The summed E-state index contributed by atoms with van der Waals surface area (Å²) >= 11 is 0. The number of hydrogen-bond donors (Lipinski definition) is 0. The summed E-state index contributed by atoms with van der Waals surface area (Å²) in [5, 5.41) is 1.51. The lowest BCUT2D eigenvalue weighted by molar-refractivity contribution is 0.368. The fourth-order valence-electron chi connectivity index (χ4n) is 1.09. The maximum atomic E-state index is 9.75. The molecule has 0 N–H and O–H groups in total. The molecule has 0 amide bonds. The predicted octanol–water partition coefficient (Wildman–Crippen LogP) is 3.15. The van der Waals surface area contributed by atoms with E-state index in [0.717, 1.165) is 0 Å². The van der Waals surface area contributed by atoms with Gasteiger partial charge >= 0.3 is 7.25 Å². The van der Waals surface area contributed by atoms with Crippen molar-refractivity contribution in [3.8, 4) is 0 Å². The van der Waals surface area contributed by atoms with Crippen LogP contribution >= 0.6 is 7.92 Å². The first-order valence-electron chi connectivity index (χ1n) is 5.06. The predicted molar refractivity (Wildman–Crippen MR) is 70.8 cm³/mol. The standard InChI is InChI=1S/C10H16NP.BF4/c1-11(2)9-5-7-10(8-6-9)12(3)4;2-1(3,4)5/h5-8H,1-4H3;/q;-1/p+1. The van der Waals surface area contributed by atoms with Gasteiger partial charge in [0.25, 0.3) is 0 Å². The average Bonchev–Trinajstić information content (AvgIpc) is 2.15.